The molecule has 0 radical (unpaired) electrons. The van der Waals surface area contributed by atoms with Crippen molar-refractivity contribution in [3.05, 3.63) is 29.3 Å². The van der Waals surface area contributed by atoms with Gasteiger partial charge in [0.05, 0.1) is 12.9 Å². The van der Waals surface area contributed by atoms with Gasteiger partial charge in [0.25, 0.3) is 0 Å². The fourth-order valence-electron chi connectivity index (χ4n) is 2.16. The van der Waals surface area contributed by atoms with Gasteiger partial charge in [0, 0.05) is 11.1 Å². The molecule has 1 atom stereocenters. The van der Waals surface area contributed by atoms with Gasteiger partial charge in [0.1, 0.15) is 12.2 Å². The van der Waals surface area contributed by atoms with Gasteiger partial charge in [-0.2, -0.15) is 0 Å². The lowest BCUT2D eigenvalue weighted by Crippen LogP contribution is -3.11. The van der Waals surface area contributed by atoms with Crippen LogP contribution in [0.5, 0.6) is 0 Å². The monoisotopic (exact) mass is 284 g/mol. The van der Waals surface area contributed by atoms with Gasteiger partial charge in [-0.15, -0.1) is 0 Å². The van der Waals surface area contributed by atoms with Gasteiger partial charge in [-0.05, 0) is 12.8 Å². The van der Waals surface area contributed by atoms with Crippen LogP contribution in [0.2, 0.25) is 0 Å². The van der Waals surface area contributed by atoms with E-state index in [1.807, 2.05) is 32.0 Å². The van der Waals surface area contributed by atoms with Gasteiger partial charge in [-0.3, -0.25) is 0 Å². The fraction of sp³-hybridized carbons (Fsp3) is 0.429. The number of hydrogen-bond acceptors (Lipinski definition) is 3. The van der Waals surface area contributed by atoms with Crippen molar-refractivity contribution in [2.24, 2.45) is 0 Å². The van der Waals surface area contributed by atoms with Crippen molar-refractivity contribution in [2.75, 3.05) is 6.54 Å². The second kappa shape index (κ2) is 7.92. The molecule has 0 aliphatic rings. The molecule has 5 heteroatoms. The minimum Gasteiger partial charge on any atom is -1.00 e. The zero-order valence-electron chi connectivity index (χ0n) is 11.5. The van der Waals surface area contributed by atoms with E-state index < -0.39 is 5.97 Å². The van der Waals surface area contributed by atoms with Crippen LogP contribution in [0, 0.1) is 0 Å². The highest BCUT2D eigenvalue weighted by atomic mass is 35.5. The Morgan fingerprint density at radius 1 is 1.16 bits per heavy atom. The molecule has 1 unspecified atom stereocenters. The second-order valence-corrected chi connectivity index (χ2v) is 4.24. The molecule has 0 aliphatic carbocycles. The van der Waals surface area contributed by atoms with Gasteiger partial charge in [0.2, 0.25) is 0 Å². The average Bonchev–Trinajstić information content (AvgIpc) is 2.34. The highest BCUT2D eigenvalue weighted by molar-refractivity contribution is 5.73. The van der Waals surface area contributed by atoms with E-state index in [0.717, 1.165) is 29.7 Å². The Bertz CT molecular complexity index is 438. The number of carbonyl (C=O) groups is 2. The summed E-state index contributed by atoms with van der Waals surface area (Å²) in [6.45, 7) is 5.08. The highest BCUT2D eigenvalue weighted by Gasteiger charge is 2.23. The molecule has 1 amide bonds. The molecule has 1 aromatic carbocycles. The van der Waals surface area contributed by atoms with Crippen LogP contribution in [0.15, 0.2) is 18.2 Å². The molecule has 0 bridgehead atoms. The Balaban J connectivity index is 0.00000324. The Morgan fingerprint density at radius 3 is 1.95 bits per heavy atom. The van der Waals surface area contributed by atoms with Crippen LogP contribution in [0.4, 0.5) is 5.69 Å². The summed E-state index contributed by atoms with van der Waals surface area (Å²) in [5.74, 6) is -1.41. The first-order valence-electron chi connectivity index (χ1n) is 6.18. The van der Waals surface area contributed by atoms with Crippen LogP contribution in [-0.4, -0.2) is 18.4 Å². The Morgan fingerprint density at radius 2 is 1.63 bits per heavy atom. The van der Waals surface area contributed by atoms with Crippen molar-refractivity contribution in [1.82, 2.24) is 0 Å². The largest absolute Gasteiger partial charge is 1.00 e. The maximum Gasteiger partial charge on any atom is 0.314 e. The zero-order chi connectivity index (χ0) is 13.7. The average molecular weight is 285 g/mol. The number of carbonyl (C=O) groups excluding carboxylic acids is 2. The molecule has 0 heterocycles. The Hall–Kier alpha value is -1.39. The molecule has 19 heavy (non-hydrogen) atoms. The van der Waals surface area contributed by atoms with Crippen molar-refractivity contribution in [2.45, 2.75) is 33.6 Å². The second-order valence-electron chi connectivity index (χ2n) is 4.24. The van der Waals surface area contributed by atoms with Crippen molar-refractivity contribution in [1.29, 1.82) is 0 Å². The van der Waals surface area contributed by atoms with E-state index in [1.165, 1.54) is 6.92 Å². The highest BCUT2D eigenvalue weighted by Crippen LogP contribution is 2.18. The maximum absolute atomic E-state index is 11.7. The summed E-state index contributed by atoms with van der Waals surface area (Å²) in [6, 6.07) is 5.82. The number of benzene rings is 1. The number of para-hydroxylation sites is 1. The molecule has 1 aromatic rings. The van der Waals surface area contributed by atoms with E-state index in [1.54, 1.807) is 0 Å². The van der Waals surface area contributed by atoms with Crippen molar-refractivity contribution in [3.8, 4) is 0 Å². The lowest BCUT2D eigenvalue weighted by Gasteiger charge is -2.20. The molecule has 0 saturated carbocycles. The molecular formula is C14H19ClNO3-. The number of quaternary nitrogens is 1. The molecular weight excluding hydrogens is 266 g/mol. The standard InChI is InChI=1S/C14H19NO3.ClH/c1-4-11-7-6-8-12(5-2)14(11)15(10(3)16)9-13(17)18;/h6-8H,4-5,9H2,1-3H3,(H,17,18);1H/p-1. The molecule has 0 aromatic heterocycles. The van der Waals surface area contributed by atoms with E-state index in [-0.39, 0.29) is 24.9 Å². The molecule has 0 spiro atoms. The number of nitrogens with one attached hydrogen (secondary N) is 1. The number of carboxylic acids is 1. The summed E-state index contributed by atoms with van der Waals surface area (Å²) in [6.07, 6.45) is 1.54. The maximum atomic E-state index is 11.7. The molecule has 4 nitrogen and oxygen atoms in total. The Labute approximate surface area is 119 Å². The number of amides is 1. The molecule has 1 N–H and O–H groups in total. The third-order valence-corrected chi connectivity index (χ3v) is 3.05. The third kappa shape index (κ3) is 4.33. The van der Waals surface area contributed by atoms with E-state index in [0.29, 0.717) is 4.90 Å². The van der Waals surface area contributed by atoms with Crippen LogP contribution in [0.3, 0.4) is 0 Å². The van der Waals surface area contributed by atoms with E-state index in [9.17, 15) is 14.7 Å². The van der Waals surface area contributed by atoms with Crippen LogP contribution in [0.1, 0.15) is 31.9 Å². The summed E-state index contributed by atoms with van der Waals surface area (Å²) in [5.41, 5.74) is 2.83. The van der Waals surface area contributed by atoms with Crippen LogP contribution < -0.4 is 22.4 Å². The summed E-state index contributed by atoms with van der Waals surface area (Å²) >= 11 is 0. The number of aryl methyl sites for hydroxylation is 2. The smallest absolute Gasteiger partial charge is 0.314 e. The molecule has 106 valence electrons. The van der Waals surface area contributed by atoms with Gasteiger partial charge in [-0.25, -0.2) is 9.69 Å². The summed E-state index contributed by atoms with van der Waals surface area (Å²) in [7, 11) is 0. The molecule has 1 rings (SSSR count). The van der Waals surface area contributed by atoms with Gasteiger partial charge in [0.15, 0.2) is 0 Å². The number of aliphatic carboxylic acids is 1. The van der Waals surface area contributed by atoms with Crippen molar-refractivity contribution >= 4 is 17.6 Å². The predicted octanol–water partition coefficient (Wildman–Crippen LogP) is -3.37. The molecule has 0 fully saturated rings. The minimum atomic E-state index is -1.21. The lowest BCUT2D eigenvalue weighted by molar-refractivity contribution is -0.743. The fourth-order valence-corrected chi connectivity index (χ4v) is 2.16. The summed E-state index contributed by atoms with van der Waals surface area (Å²) in [4.78, 5) is 22.8. The van der Waals surface area contributed by atoms with Gasteiger partial charge in [-0.1, -0.05) is 32.0 Å². The van der Waals surface area contributed by atoms with Gasteiger partial charge < -0.3 is 22.3 Å². The zero-order valence-corrected chi connectivity index (χ0v) is 12.2. The van der Waals surface area contributed by atoms with Crippen molar-refractivity contribution < 1.29 is 32.0 Å². The lowest BCUT2D eigenvalue weighted by atomic mass is 10.0. The predicted molar refractivity (Wildman–Crippen MR) is 66.4 cm³/mol. The summed E-state index contributed by atoms with van der Waals surface area (Å²) < 4.78 is 0. The summed E-state index contributed by atoms with van der Waals surface area (Å²) in [5, 5.41) is 10.8. The number of halogens is 1. The van der Waals surface area contributed by atoms with Crippen LogP contribution in [-0.2, 0) is 22.4 Å². The molecule has 0 aliphatic heterocycles. The quantitative estimate of drug-likeness (QED) is 0.614. The first-order valence-corrected chi connectivity index (χ1v) is 6.18. The normalized spacial score (nSPS) is 11.5. The van der Waals surface area contributed by atoms with E-state index >= 15 is 0 Å². The van der Waals surface area contributed by atoms with E-state index in [2.05, 4.69) is 0 Å². The first kappa shape index (κ1) is 17.6. The van der Waals surface area contributed by atoms with Crippen LogP contribution >= 0.6 is 0 Å². The minimum absolute atomic E-state index is 0. The van der Waals surface area contributed by atoms with Crippen molar-refractivity contribution in [3.63, 3.8) is 0 Å². The topological polar surface area (TPSA) is 61.6 Å². The van der Waals surface area contributed by atoms with E-state index in [4.69, 9.17) is 0 Å². The Kier molecular flexibility index (Phi) is 7.34. The third-order valence-electron chi connectivity index (χ3n) is 3.05. The van der Waals surface area contributed by atoms with Crippen LogP contribution in [0.25, 0.3) is 0 Å². The number of hydrogen-bond donors (Lipinski definition) is 1. The van der Waals surface area contributed by atoms with Gasteiger partial charge >= 0.3 is 5.91 Å². The first-order chi connectivity index (χ1) is 8.51. The molecule has 0 saturated heterocycles. The SMILES string of the molecule is CCc1cccc(CC)c1[NH+](CC(=O)[O-])C(C)=O.[Cl-]. The number of carboxylic acid groups (broad SMARTS) is 1. The number of rotatable bonds is 5.